The van der Waals surface area contributed by atoms with Crippen molar-refractivity contribution in [2.75, 3.05) is 6.61 Å². The van der Waals surface area contributed by atoms with Gasteiger partial charge in [0.15, 0.2) is 5.88 Å². The zero-order chi connectivity index (χ0) is 15.5. The van der Waals surface area contributed by atoms with E-state index in [4.69, 9.17) is 16.3 Å². The van der Waals surface area contributed by atoms with Crippen LogP contribution in [0, 0.1) is 0 Å². The maximum Gasteiger partial charge on any atom is 0.198 e. The molecule has 1 heterocycles. The summed E-state index contributed by atoms with van der Waals surface area (Å²) in [6.07, 6.45) is 1.63. The average Bonchev–Trinajstić information content (AvgIpc) is 2.82. The van der Waals surface area contributed by atoms with Crippen molar-refractivity contribution in [3.63, 3.8) is 0 Å². The maximum absolute atomic E-state index is 10.0. The lowest BCUT2D eigenvalue weighted by Crippen LogP contribution is -1.89. The molecule has 0 saturated carbocycles. The Morgan fingerprint density at radius 2 is 2.00 bits per heavy atom. The number of aromatic hydroxyl groups is 1. The van der Waals surface area contributed by atoms with Gasteiger partial charge in [0, 0.05) is 22.1 Å². The quantitative estimate of drug-likeness (QED) is 0.687. The number of nitrogens with zero attached hydrogens (tertiary/aromatic N) is 1. The summed E-state index contributed by atoms with van der Waals surface area (Å²) in [6.45, 7) is 2.57. The van der Waals surface area contributed by atoms with Gasteiger partial charge in [0.05, 0.1) is 17.9 Å². The fraction of sp³-hybridized carbons (Fsp3) is 0.118. The number of fused-ring (bicyclic) bond motifs is 1. The minimum atomic E-state index is 0.0759. The Balaban J connectivity index is 1.91. The molecule has 22 heavy (non-hydrogen) atoms. The first-order valence-corrected chi connectivity index (χ1v) is 7.32. The fourth-order valence-corrected chi connectivity index (χ4v) is 2.41. The first-order valence-electron chi connectivity index (χ1n) is 6.94. The Morgan fingerprint density at radius 1 is 1.23 bits per heavy atom. The molecule has 0 amide bonds. The molecule has 2 aromatic carbocycles. The lowest BCUT2D eigenvalue weighted by molar-refractivity contribution is 0.340. The van der Waals surface area contributed by atoms with Gasteiger partial charge in [-0.1, -0.05) is 11.6 Å². The van der Waals surface area contributed by atoms with E-state index >= 15 is 0 Å². The van der Waals surface area contributed by atoms with Gasteiger partial charge in [-0.3, -0.25) is 4.99 Å². The van der Waals surface area contributed by atoms with E-state index in [2.05, 4.69) is 9.98 Å². The van der Waals surface area contributed by atoms with Crippen LogP contribution in [0.3, 0.4) is 0 Å². The Morgan fingerprint density at radius 3 is 2.73 bits per heavy atom. The number of hydrogen-bond acceptors (Lipinski definition) is 3. The van der Waals surface area contributed by atoms with Crippen molar-refractivity contribution in [3.05, 3.63) is 53.1 Å². The van der Waals surface area contributed by atoms with Crippen molar-refractivity contribution in [2.45, 2.75) is 6.92 Å². The van der Waals surface area contributed by atoms with Crippen molar-refractivity contribution in [2.24, 2.45) is 4.99 Å². The van der Waals surface area contributed by atoms with E-state index in [0.29, 0.717) is 17.2 Å². The first kappa shape index (κ1) is 14.5. The van der Waals surface area contributed by atoms with Gasteiger partial charge in [0.2, 0.25) is 0 Å². The summed E-state index contributed by atoms with van der Waals surface area (Å²) < 4.78 is 5.39. The second kappa shape index (κ2) is 6.12. The third-order valence-corrected chi connectivity index (χ3v) is 3.51. The molecule has 3 aromatic rings. The minimum Gasteiger partial charge on any atom is -0.494 e. The molecule has 0 unspecified atom stereocenters. The standard InChI is InChI=1S/C17H15ClN2O2/c1-2-22-13-6-4-12(5-7-13)19-10-15-14-9-11(18)3-8-16(14)20-17(15)21/h3-10,20-21H,2H2,1H3. The summed E-state index contributed by atoms with van der Waals surface area (Å²) >= 11 is 6.01. The Hall–Kier alpha value is -2.46. The van der Waals surface area contributed by atoms with E-state index in [9.17, 15) is 5.11 Å². The van der Waals surface area contributed by atoms with Crippen LogP contribution in [0.15, 0.2) is 47.5 Å². The van der Waals surface area contributed by atoms with Crippen molar-refractivity contribution in [1.82, 2.24) is 4.98 Å². The molecule has 3 rings (SSSR count). The number of H-pyrrole nitrogens is 1. The van der Waals surface area contributed by atoms with Gasteiger partial charge >= 0.3 is 0 Å². The Bertz CT molecular complexity index is 823. The van der Waals surface area contributed by atoms with Gasteiger partial charge < -0.3 is 14.8 Å². The minimum absolute atomic E-state index is 0.0759. The monoisotopic (exact) mass is 314 g/mol. The fourth-order valence-electron chi connectivity index (χ4n) is 2.24. The summed E-state index contributed by atoms with van der Waals surface area (Å²) in [5.74, 6) is 0.884. The van der Waals surface area contributed by atoms with Crippen molar-refractivity contribution in [3.8, 4) is 11.6 Å². The van der Waals surface area contributed by atoms with Crippen LogP contribution in [0.25, 0.3) is 10.9 Å². The van der Waals surface area contributed by atoms with Crippen LogP contribution in [0.2, 0.25) is 5.02 Å². The zero-order valence-electron chi connectivity index (χ0n) is 12.0. The predicted molar refractivity (Wildman–Crippen MR) is 89.8 cm³/mol. The van der Waals surface area contributed by atoms with E-state index in [1.165, 1.54) is 0 Å². The molecule has 0 bridgehead atoms. The molecular weight excluding hydrogens is 300 g/mol. The molecule has 5 heteroatoms. The molecule has 0 aliphatic rings. The number of benzene rings is 2. The number of hydrogen-bond donors (Lipinski definition) is 2. The number of ether oxygens (including phenoxy) is 1. The number of nitrogens with one attached hydrogen (secondary N) is 1. The van der Waals surface area contributed by atoms with E-state index < -0.39 is 0 Å². The summed E-state index contributed by atoms with van der Waals surface area (Å²) in [4.78, 5) is 7.29. The number of aromatic amines is 1. The third-order valence-electron chi connectivity index (χ3n) is 3.27. The predicted octanol–water partition coefficient (Wildman–Crippen LogP) is 4.68. The lowest BCUT2D eigenvalue weighted by atomic mass is 10.2. The third kappa shape index (κ3) is 2.92. The summed E-state index contributed by atoms with van der Waals surface area (Å²) in [5, 5.41) is 11.5. The highest BCUT2D eigenvalue weighted by molar-refractivity contribution is 6.31. The smallest absolute Gasteiger partial charge is 0.198 e. The normalized spacial score (nSPS) is 11.4. The Labute approximate surface area is 133 Å². The van der Waals surface area contributed by atoms with Gasteiger partial charge in [-0.15, -0.1) is 0 Å². The highest BCUT2D eigenvalue weighted by Gasteiger charge is 2.09. The maximum atomic E-state index is 10.0. The molecule has 0 spiro atoms. The van der Waals surface area contributed by atoms with Gasteiger partial charge in [0.1, 0.15) is 5.75 Å². The summed E-state index contributed by atoms with van der Waals surface area (Å²) in [6, 6.07) is 12.8. The van der Waals surface area contributed by atoms with Crippen LogP contribution >= 0.6 is 11.6 Å². The Kier molecular flexibility index (Phi) is 4.02. The van der Waals surface area contributed by atoms with Gasteiger partial charge in [-0.05, 0) is 49.4 Å². The molecule has 2 N–H and O–H groups in total. The number of halogens is 1. The molecule has 0 radical (unpaired) electrons. The summed E-state index contributed by atoms with van der Waals surface area (Å²) in [5.41, 5.74) is 2.21. The molecular formula is C17H15ClN2O2. The second-order valence-electron chi connectivity index (χ2n) is 4.76. The van der Waals surface area contributed by atoms with Crippen LogP contribution in [0.4, 0.5) is 5.69 Å². The lowest BCUT2D eigenvalue weighted by Gasteiger charge is -2.02. The second-order valence-corrected chi connectivity index (χ2v) is 5.20. The molecule has 0 atom stereocenters. The highest BCUT2D eigenvalue weighted by atomic mass is 35.5. The van der Waals surface area contributed by atoms with Crippen LogP contribution in [-0.4, -0.2) is 22.9 Å². The summed E-state index contributed by atoms with van der Waals surface area (Å²) in [7, 11) is 0. The zero-order valence-corrected chi connectivity index (χ0v) is 12.8. The van der Waals surface area contributed by atoms with Crippen LogP contribution in [0.1, 0.15) is 12.5 Å². The molecule has 0 saturated heterocycles. The number of rotatable bonds is 4. The van der Waals surface area contributed by atoms with Gasteiger partial charge in [0.25, 0.3) is 0 Å². The van der Waals surface area contributed by atoms with E-state index in [-0.39, 0.29) is 5.88 Å². The van der Waals surface area contributed by atoms with Crippen molar-refractivity contribution < 1.29 is 9.84 Å². The molecule has 1 aromatic heterocycles. The molecule has 4 nitrogen and oxygen atoms in total. The van der Waals surface area contributed by atoms with Crippen LogP contribution < -0.4 is 4.74 Å². The average molecular weight is 315 g/mol. The number of aromatic nitrogens is 1. The van der Waals surface area contributed by atoms with E-state index in [1.807, 2.05) is 37.3 Å². The van der Waals surface area contributed by atoms with Gasteiger partial charge in [-0.2, -0.15) is 0 Å². The van der Waals surface area contributed by atoms with Crippen LogP contribution in [-0.2, 0) is 0 Å². The van der Waals surface area contributed by atoms with Gasteiger partial charge in [-0.25, -0.2) is 0 Å². The molecule has 112 valence electrons. The van der Waals surface area contributed by atoms with Crippen molar-refractivity contribution in [1.29, 1.82) is 0 Å². The van der Waals surface area contributed by atoms with E-state index in [0.717, 1.165) is 22.3 Å². The topological polar surface area (TPSA) is 57.6 Å². The first-order chi connectivity index (χ1) is 10.7. The molecule has 0 fully saturated rings. The van der Waals surface area contributed by atoms with E-state index in [1.54, 1.807) is 18.3 Å². The molecule has 0 aliphatic heterocycles. The largest absolute Gasteiger partial charge is 0.494 e. The van der Waals surface area contributed by atoms with Crippen LogP contribution in [0.5, 0.6) is 11.6 Å². The highest BCUT2D eigenvalue weighted by Crippen LogP contribution is 2.28. The number of aliphatic imine (C=N–C) groups is 1. The molecule has 0 aliphatic carbocycles. The van der Waals surface area contributed by atoms with Crippen molar-refractivity contribution >= 4 is 34.4 Å². The SMILES string of the molecule is CCOc1ccc(N=Cc2c(O)[nH]c3ccc(Cl)cc23)cc1.